The van der Waals surface area contributed by atoms with Crippen molar-refractivity contribution in [3.8, 4) is 5.75 Å². The van der Waals surface area contributed by atoms with E-state index >= 15 is 0 Å². The third kappa shape index (κ3) is 8.09. The highest BCUT2D eigenvalue weighted by Gasteiger charge is 2.24. The number of hydrogen-bond donors (Lipinski definition) is 2. The van der Waals surface area contributed by atoms with Crippen molar-refractivity contribution in [1.29, 1.82) is 0 Å². The Kier molecular flexibility index (Phi) is 9.22. The van der Waals surface area contributed by atoms with Crippen molar-refractivity contribution in [2.45, 2.75) is 19.4 Å². The van der Waals surface area contributed by atoms with E-state index in [0.717, 1.165) is 16.9 Å². The zero-order chi connectivity index (χ0) is 24.2. The standard InChI is InChI=1S/C27H28N2O5/c1-20-9-8-14-23(17-20)33-16-15-28-25(30)19-34-27(32)24(18-21-10-4-2-5-11-21)29-26(31)22-12-6-3-7-13-22/h2-14,17,24H,15-16,18-19H2,1H3,(H,28,30)(H,29,31). The van der Waals surface area contributed by atoms with Crippen LogP contribution in [0.15, 0.2) is 84.9 Å². The fraction of sp³-hybridized carbons (Fsp3) is 0.222. The largest absolute Gasteiger partial charge is 0.492 e. The molecule has 0 saturated heterocycles. The minimum Gasteiger partial charge on any atom is -0.492 e. The van der Waals surface area contributed by atoms with Crippen molar-refractivity contribution in [1.82, 2.24) is 10.6 Å². The fourth-order valence-electron chi connectivity index (χ4n) is 3.23. The number of amides is 2. The number of carbonyl (C=O) groups is 3. The highest BCUT2D eigenvalue weighted by Crippen LogP contribution is 2.11. The Labute approximate surface area is 199 Å². The molecule has 34 heavy (non-hydrogen) atoms. The van der Waals surface area contributed by atoms with Crippen molar-refractivity contribution < 1.29 is 23.9 Å². The second-order valence-electron chi connectivity index (χ2n) is 7.70. The van der Waals surface area contributed by atoms with E-state index in [4.69, 9.17) is 9.47 Å². The predicted octanol–water partition coefficient (Wildman–Crippen LogP) is 3.07. The van der Waals surface area contributed by atoms with Crippen molar-refractivity contribution >= 4 is 17.8 Å². The first-order chi connectivity index (χ1) is 16.5. The number of esters is 1. The Morgan fingerprint density at radius 2 is 1.59 bits per heavy atom. The molecule has 1 atom stereocenters. The maximum atomic E-state index is 12.7. The predicted molar refractivity (Wildman–Crippen MR) is 128 cm³/mol. The Morgan fingerprint density at radius 3 is 2.29 bits per heavy atom. The molecule has 0 aliphatic rings. The molecular weight excluding hydrogens is 432 g/mol. The third-order valence-corrected chi connectivity index (χ3v) is 4.94. The molecular formula is C27H28N2O5. The molecule has 7 nitrogen and oxygen atoms in total. The van der Waals surface area contributed by atoms with Gasteiger partial charge in [0.15, 0.2) is 6.61 Å². The summed E-state index contributed by atoms with van der Waals surface area (Å²) in [7, 11) is 0. The van der Waals surface area contributed by atoms with Gasteiger partial charge in [0.2, 0.25) is 0 Å². The molecule has 0 saturated carbocycles. The van der Waals surface area contributed by atoms with Gasteiger partial charge in [0, 0.05) is 12.0 Å². The average Bonchev–Trinajstić information content (AvgIpc) is 2.86. The van der Waals surface area contributed by atoms with Crippen LogP contribution in [0.4, 0.5) is 0 Å². The van der Waals surface area contributed by atoms with Crippen LogP contribution in [0.2, 0.25) is 0 Å². The smallest absolute Gasteiger partial charge is 0.329 e. The average molecular weight is 461 g/mol. The quantitative estimate of drug-likeness (QED) is 0.339. The summed E-state index contributed by atoms with van der Waals surface area (Å²) >= 11 is 0. The van der Waals surface area contributed by atoms with Crippen LogP contribution in [0, 0.1) is 6.92 Å². The molecule has 1 unspecified atom stereocenters. The van der Waals surface area contributed by atoms with Crippen LogP contribution < -0.4 is 15.4 Å². The van der Waals surface area contributed by atoms with Gasteiger partial charge in [-0.05, 0) is 42.3 Å². The van der Waals surface area contributed by atoms with Gasteiger partial charge in [-0.2, -0.15) is 0 Å². The molecule has 7 heteroatoms. The highest BCUT2D eigenvalue weighted by molar-refractivity contribution is 5.97. The molecule has 0 bridgehead atoms. The van der Waals surface area contributed by atoms with Gasteiger partial charge in [0.25, 0.3) is 11.8 Å². The Hall–Kier alpha value is -4.13. The van der Waals surface area contributed by atoms with Gasteiger partial charge in [0.1, 0.15) is 18.4 Å². The molecule has 0 aliphatic carbocycles. The van der Waals surface area contributed by atoms with Crippen LogP contribution in [0.5, 0.6) is 5.75 Å². The van der Waals surface area contributed by atoms with E-state index in [1.165, 1.54) is 0 Å². The van der Waals surface area contributed by atoms with Gasteiger partial charge in [0.05, 0.1) is 6.54 Å². The minimum atomic E-state index is -0.937. The summed E-state index contributed by atoms with van der Waals surface area (Å²) < 4.78 is 10.8. The lowest BCUT2D eigenvalue weighted by atomic mass is 10.1. The first-order valence-corrected chi connectivity index (χ1v) is 11.0. The Bertz CT molecular complexity index is 1090. The van der Waals surface area contributed by atoms with Gasteiger partial charge in [-0.1, -0.05) is 60.7 Å². The van der Waals surface area contributed by atoms with Crippen LogP contribution in [0.1, 0.15) is 21.5 Å². The molecule has 2 N–H and O–H groups in total. The first-order valence-electron chi connectivity index (χ1n) is 11.0. The third-order valence-electron chi connectivity index (χ3n) is 4.94. The molecule has 2 amide bonds. The van der Waals surface area contributed by atoms with E-state index in [-0.39, 0.29) is 19.6 Å². The number of nitrogens with one attached hydrogen (secondary N) is 2. The normalized spacial score (nSPS) is 11.2. The van der Waals surface area contributed by atoms with Crippen LogP contribution in [-0.4, -0.2) is 43.6 Å². The second kappa shape index (κ2) is 12.8. The SMILES string of the molecule is Cc1cccc(OCCNC(=O)COC(=O)C(Cc2ccccc2)NC(=O)c2ccccc2)c1. The number of rotatable bonds is 11. The van der Waals surface area contributed by atoms with Gasteiger partial charge >= 0.3 is 5.97 Å². The Balaban J connectivity index is 1.49. The summed E-state index contributed by atoms with van der Waals surface area (Å²) in [5.41, 5.74) is 2.37. The van der Waals surface area contributed by atoms with E-state index < -0.39 is 30.4 Å². The summed E-state index contributed by atoms with van der Waals surface area (Å²) in [6.45, 7) is 2.07. The Morgan fingerprint density at radius 1 is 0.882 bits per heavy atom. The van der Waals surface area contributed by atoms with Crippen molar-refractivity contribution in [2.75, 3.05) is 19.8 Å². The molecule has 3 aromatic rings. The van der Waals surface area contributed by atoms with E-state index in [2.05, 4.69) is 10.6 Å². The molecule has 176 valence electrons. The van der Waals surface area contributed by atoms with Crippen molar-refractivity contribution in [3.05, 3.63) is 102 Å². The lowest BCUT2D eigenvalue weighted by Gasteiger charge is -2.18. The molecule has 0 heterocycles. The number of aryl methyl sites for hydroxylation is 1. The molecule has 3 rings (SSSR count). The number of hydrogen-bond acceptors (Lipinski definition) is 5. The van der Waals surface area contributed by atoms with Crippen LogP contribution in [0.3, 0.4) is 0 Å². The molecule has 0 radical (unpaired) electrons. The van der Waals surface area contributed by atoms with E-state index in [9.17, 15) is 14.4 Å². The monoisotopic (exact) mass is 460 g/mol. The number of benzene rings is 3. The molecule has 0 aromatic heterocycles. The van der Waals surface area contributed by atoms with Crippen LogP contribution >= 0.6 is 0 Å². The lowest BCUT2D eigenvalue weighted by molar-refractivity contribution is -0.150. The molecule has 0 fully saturated rings. The number of carbonyl (C=O) groups excluding carboxylic acids is 3. The second-order valence-corrected chi connectivity index (χ2v) is 7.70. The fourth-order valence-corrected chi connectivity index (χ4v) is 3.23. The minimum absolute atomic E-state index is 0.240. The van der Waals surface area contributed by atoms with E-state index in [0.29, 0.717) is 5.56 Å². The summed E-state index contributed by atoms with van der Waals surface area (Å²) in [5, 5.41) is 5.36. The van der Waals surface area contributed by atoms with E-state index in [1.54, 1.807) is 30.3 Å². The zero-order valence-electron chi connectivity index (χ0n) is 19.0. The maximum absolute atomic E-state index is 12.7. The topological polar surface area (TPSA) is 93.7 Å². The summed E-state index contributed by atoms with van der Waals surface area (Å²) in [5.74, 6) is -0.803. The zero-order valence-corrected chi connectivity index (χ0v) is 19.0. The first kappa shape index (κ1) is 24.5. The lowest BCUT2D eigenvalue weighted by Crippen LogP contribution is -2.44. The van der Waals surface area contributed by atoms with Gasteiger partial charge in [-0.25, -0.2) is 4.79 Å². The summed E-state index contributed by atoms with van der Waals surface area (Å²) in [4.78, 5) is 37.4. The van der Waals surface area contributed by atoms with Crippen LogP contribution in [-0.2, 0) is 20.7 Å². The van der Waals surface area contributed by atoms with Gasteiger partial charge in [-0.15, -0.1) is 0 Å². The summed E-state index contributed by atoms with van der Waals surface area (Å²) in [6.07, 6.45) is 0.240. The van der Waals surface area contributed by atoms with Crippen molar-refractivity contribution in [3.63, 3.8) is 0 Å². The molecule has 0 spiro atoms. The highest BCUT2D eigenvalue weighted by atomic mass is 16.5. The summed E-state index contributed by atoms with van der Waals surface area (Å²) in [6, 6.07) is 24.6. The maximum Gasteiger partial charge on any atom is 0.329 e. The van der Waals surface area contributed by atoms with Gasteiger partial charge < -0.3 is 20.1 Å². The van der Waals surface area contributed by atoms with Gasteiger partial charge in [-0.3, -0.25) is 9.59 Å². The molecule has 0 aliphatic heterocycles. The number of ether oxygens (including phenoxy) is 2. The van der Waals surface area contributed by atoms with E-state index in [1.807, 2.05) is 61.5 Å². The molecule has 3 aromatic carbocycles. The van der Waals surface area contributed by atoms with Crippen molar-refractivity contribution in [2.24, 2.45) is 0 Å². The van der Waals surface area contributed by atoms with Crippen LogP contribution in [0.25, 0.3) is 0 Å².